The molecule has 2 nitrogen and oxygen atoms in total. The largest absolute Gasteiger partial charge is 0.457 e. The van der Waals surface area contributed by atoms with Crippen LogP contribution in [-0.4, -0.2) is 6.04 Å². The summed E-state index contributed by atoms with van der Waals surface area (Å²) in [5.74, 6) is 2.79. The Morgan fingerprint density at radius 3 is 2.05 bits per heavy atom. The van der Waals surface area contributed by atoms with Gasteiger partial charge in [-0.1, -0.05) is 42.8 Å². The normalized spacial score (nSPS) is 19.1. The number of hydrogen-bond donors (Lipinski definition) is 1. The third-order valence-corrected chi connectivity index (χ3v) is 4.97. The highest BCUT2D eigenvalue weighted by atomic mass is 16.5. The standard InChI is InChI=1S/C19H21NO/c1-13(14-7-6-8-14)20-19-15-9-2-4-11-17(15)21-18-12-5-3-10-16(18)19/h2-5,9-14,19-20H,6-8H2,1H3. The molecule has 1 saturated carbocycles. The molecule has 2 aromatic rings. The lowest BCUT2D eigenvalue weighted by atomic mass is 9.79. The maximum atomic E-state index is 6.05. The van der Waals surface area contributed by atoms with Gasteiger partial charge in [-0.05, 0) is 37.8 Å². The number of nitrogens with one attached hydrogen (secondary N) is 1. The Morgan fingerprint density at radius 2 is 1.52 bits per heavy atom. The van der Waals surface area contributed by atoms with Crippen LogP contribution >= 0.6 is 0 Å². The zero-order valence-electron chi connectivity index (χ0n) is 12.4. The van der Waals surface area contributed by atoms with Crippen LogP contribution in [0.15, 0.2) is 48.5 Å². The van der Waals surface area contributed by atoms with E-state index in [1.165, 1.54) is 30.4 Å². The summed E-state index contributed by atoms with van der Waals surface area (Å²) in [6.07, 6.45) is 4.11. The van der Waals surface area contributed by atoms with Gasteiger partial charge < -0.3 is 10.1 Å². The molecule has 1 N–H and O–H groups in total. The number of hydrogen-bond acceptors (Lipinski definition) is 2. The van der Waals surface area contributed by atoms with Crippen molar-refractivity contribution in [2.75, 3.05) is 0 Å². The Morgan fingerprint density at radius 1 is 0.952 bits per heavy atom. The Bertz CT molecular complexity index is 602. The quantitative estimate of drug-likeness (QED) is 0.882. The van der Waals surface area contributed by atoms with E-state index >= 15 is 0 Å². The SMILES string of the molecule is CC(NC1c2ccccc2Oc2ccccc21)C1CCC1. The van der Waals surface area contributed by atoms with E-state index in [2.05, 4.69) is 48.6 Å². The van der Waals surface area contributed by atoms with E-state index in [4.69, 9.17) is 4.74 Å². The van der Waals surface area contributed by atoms with Crippen LogP contribution in [0.2, 0.25) is 0 Å². The summed E-state index contributed by atoms with van der Waals surface area (Å²) in [5, 5.41) is 3.85. The van der Waals surface area contributed by atoms with Crippen LogP contribution in [0.4, 0.5) is 0 Å². The van der Waals surface area contributed by atoms with Crippen molar-refractivity contribution in [3.05, 3.63) is 59.7 Å². The highest BCUT2D eigenvalue weighted by molar-refractivity contribution is 5.52. The minimum Gasteiger partial charge on any atom is -0.457 e. The van der Waals surface area contributed by atoms with Gasteiger partial charge in [0.1, 0.15) is 11.5 Å². The third-order valence-electron chi connectivity index (χ3n) is 4.97. The summed E-state index contributed by atoms with van der Waals surface area (Å²) in [7, 11) is 0. The summed E-state index contributed by atoms with van der Waals surface area (Å²) in [5.41, 5.74) is 2.50. The molecule has 1 fully saturated rings. The first-order chi connectivity index (χ1) is 10.3. The monoisotopic (exact) mass is 279 g/mol. The van der Waals surface area contributed by atoms with E-state index in [0.717, 1.165) is 17.4 Å². The van der Waals surface area contributed by atoms with Crippen molar-refractivity contribution in [1.82, 2.24) is 5.32 Å². The molecule has 0 aromatic heterocycles. The van der Waals surface area contributed by atoms with Gasteiger partial charge in [0.05, 0.1) is 6.04 Å². The summed E-state index contributed by atoms with van der Waals surface area (Å²) in [6.45, 7) is 2.32. The van der Waals surface area contributed by atoms with E-state index in [0.29, 0.717) is 6.04 Å². The predicted octanol–water partition coefficient (Wildman–Crippen LogP) is 4.66. The van der Waals surface area contributed by atoms with Gasteiger partial charge in [-0.2, -0.15) is 0 Å². The fourth-order valence-electron chi connectivity index (χ4n) is 3.43. The fraction of sp³-hybridized carbons (Fsp3) is 0.368. The first-order valence-corrected chi connectivity index (χ1v) is 7.94. The molecule has 108 valence electrons. The molecule has 0 bridgehead atoms. The molecule has 1 unspecified atom stereocenters. The molecule has 1 heterocycles. The third kappa shape index (κ3) is 2.24. The average Bonchev–Trinajstić information content (AvgIpc) is 2.45. The van der Waals surface area contributed by atoms with Gasteiger partial charge in [0.25, 0.3) is 0 Å². The van der Waals surface area contributed by atoms with Gasteiger partial charge >= 0.3 is 0 Å². The summed E-state index contributed by atoms with van der Waals surface area (Å²) in [6, 6.07) is 17.5. The van der Waals surface area contributed by atoms with Crippen molar-refractivity contribution >= 4 is 0 Å². The molecule has 4 rings (SSSR count). The molecule has 2 heteroatoms. The molecule has 1 atom stereocenters. The average molecular weight is 279 g/mol. The first kappa shape index (κ1) is 12.9. The zero-order chi connectivity index (χ0) is 14.2. The second-order valence-electron chi connectivity index (χ2n) is 6.26. The van der Waals surface area contributed by atoms with Crippen molar-refractivity contribution in [3.63, 3.8) is 0 Å². The van der Waals surface area contributed by atoms with Crippen LogP contribution in [0.25, 0.3) is 0 Å². The number of para-hydroxylation sites is 2. The van der Waals surface area contributed by atoms with E-state index < -0.39 is 0 Å². The molecule has 0 radical (unpaired) electrons. The van der Waals surface area contributed by atoms with Gasteiger partial charge in [-0.15, -0.1) is 0 Å². The molecule has 1 aliphatic heterocycles. The Balaban J connectivity index is 1.70. The molecule has 0 spiro atoms. The number of benzene rings is 2. The number of ether oxygens (including phenoxy) is 1. The first-order valence-electron chi connectivity index (χ1n) is 7.94. The van der Waals surface area contributed by atoms with Crippen molar-refractivity contribution in [1.29, 1.82) is 0 Å². The minimum atomic E-state index is 0.238. The number of rotatable bonds is 3. The van der Waals surface area contributed by atoms with Crippen LogP contribution in [-0.2, 0) is 0 Å². The van der Waals surface area contributed by atoms with Gasteiger partial charge in [0.15, 0.2) is 0 Å². The highest BCUT2D eigenvalue weighted by Crippen LogP contribution is 2.43. The lowest BCUT2D eigenvalue weighted by Gasteiger charge is -2.37. The van der Waals surface area contributed by atoms with E-state index in [9.17, 15) is 0 Å². The van der Waals surface area contributed by atoms with Crippen LogP contribution in [0, 0.1) is 5.92 Å². The predicted molar refractivity (Wildman–Crippen MR) is 84.7 cm³/mol. The van der Waals surface area contributed by atoms with Crippen LogP contribution < -0.4 is 10.1 Å². The maximum Gasteiger partial charge on any atom is 0.132 e. The summed E-state index contributed by atoms with van der Waals surface area (Å²) >= 11 is 0. The van der Waals surface area contributed by atoms with Crippen LogP contribution in [0.5, 0.6) is 11.5 Å². The maximum absolute atomic E-state index is 6.05. The topological polar surface area (TPSA) is 21.3 Å². The van der Waals surface area contributed by atoms with E-state index in [1.807, 2.05) is 12.1 Å². The van der Waals surface area contributed by atoms with Crippen molar-refractivity contribution in [2.45, 2.75) is 38.3 Å². The minimum absolute atomic E-state index is 0.238. The van der Waals surface area contributed by atoms with E-state index in [1.54, 1.807) is 0 Å². The molecule has 0 saturated heterocycles. The second-order valence-corrected chi connectivity index (χ2v) is 6.26. The molecular weight excluding hydrogens is 258 g/mol. The van der Waals surface area contributed by atoms with Crippen LogP contribution in [0.3, 0.4) is 0 Å². The lowest BCUT2D eigenvalue weighted by molar-refractivity contribution is 0.230. The molecule has 2 aromatic carbocycles. The molecule has 21 heavy (non-hydrogen) atoms. The van der Waals surface area contributed by atoms with Crippen molar-refractivity contribution in [2.24, 2.45) is 5.92 Å². The molecule has 0 amide bonds. The van der Waals surface area contributed by atoms with E-state index in [-0.39, 0.29) is 6.04 Å². The Kier molecular flexibility index (Phi) is 3.19. The fourth-order valence-corrected chi connectivity index (χ4v) is 3.43. The second kappa shape index (κ2) is 5.19. The van der Waals surface area contributed by atoms with Gasteiger partial charge in [-0.3, -0.25) is 0 Å². The smallest absolute Gasteiger partial charge is 0.132 e. The molecular formula is C19H21NO. The molecule has 2 aliphatic rings. The molecule has 1 aliphatic carbocycles. The van der Waals surface area contributed by atoms with Gasteiger partial charge in [0, 0.05) is 17.2 Å². The zero-order valence-corrected chi connectivity index (χ0v) is 12.4. The van der Waals surface area contributed by atoms with Crippen molar-refractivity contribution < 1.29 is 4.74 Å². The highest BCUT2D eigenvalue weighted by Gasteiger charge is 2.31. The van der Waals surface area contributed by atoms with Crippen molar-refractivity contribution in [3.8, 4) is 11.5 Å². The Labute approximate surface area is 126 Å². The van der Waals surface area contributed by atoms with Gasteiger partial charge in [0.2, 0.25) is 0 Å². The van der Waals surface area contributed by atoms with Crippen LogP contribution in [0.1, 0.15) is 43.4 Å². The lowest BCUT2D eigenvalue weighted by Crippen LogP contribution is -2.40. The summed E-state index contributed by atoms with van der Waals surface area (Å²) in [4.78, 5) is 0. The number of fused-ring (bicyclic) bond motifs is 2. The summed E-state index contributed by atoms with van der Waals surface area (Å²) < 4.78 is 6.05. The Hall–Kier alpha value is -1.80. The van der Waals surface area contributed by atoms with Gasteiger partial charge in [-0.25, -0.2) is 0 Å².